The quantitative estimate of drug-likeness (QED) is 0.143. The highest BCUT2D eigenvalue weighted by atomic mass is 16.6. The Bertz CT molecular complexity index is 754. The van der Waals surface area contributed by atoms with E-state index in [4.69, 9.17) is 19.3 Å². The molecular weight excluding hydrogens is 448 g/mol. The molecule has 7 heteroatoms. The lowest BCUT2D eigenvalue weighted by molar-refractivity contribution is -0.155. The van der Waals surface area contributed by atoms with Gasteiger partial charge in [0, 0.05) is 0 Å². The minimum atomic E-state index is -0.928. The first kappa shape index (κ1) is 29.1. The van der Waals surface area contributed by atoms with Crippen molar-refractivity contribution < 1.29 is 34.0 Å². The summed E-state index contributed by atoms with van der Waals surface area (Å²) in [6.45, 7) is 9.62. The fraction of sp³-hybridized carbons (Fsp3) is 0.714. The van der Waals surface area contributed by atoms with Crippen LogP contribution in [0.3, 0.4) is 0 Å². The lowest BCUT2D eigenvalue weighted by Crippen LogP contribution is -2.25. The minimum Gasteiger partial charge on any atom is -0.482 e. The molecule has 0 aromatic heterocycles. The van der Waals surface area contributed by atoms with Crippen LogP contribution in [0.25, 0.3) is 0 Å². The number of ether oxygens (including phenoxy) is 3. The Morgan fingerprint density at radius 3 is 2.66 bits per heavy atom. The van der Waals surface area contributed by atoms with Gasteiger partial charge in [0.1, 0.15) is 11.9 Å². The monoisotopic (exact) mass is 492 g/mol. The second-order valence-corrected chi connectivity index (χ2v) is 10.3. The number of carbonyl (C=O) groups is 2. The van der Waals surface area contributed by atoms with Crippen LogP contribution in [0.1, 0.15) is 72.1 Å². The molecule has 0 aromatic carbocycles. The number of allylic oxidation sites excluding steroid dienone is 4. The molecule has 0 spiro atoms. The first-order valence-corrected chi connectivity index (χ1v) is 13.0. The van der Waals surface area contributed by atoms with Crippen LogP contribution >= 0.6 is 0 Å². The van der Waals surface area contributed by atoms with Crippen molar-refractivity contribution in [3.63, 3.8) is 0 Å². The Morgan fingerprint density at radius 1 is 1.20 bits per heavy atom. The van der Waals surface area contributed by atoms with Crippen molar-refractivity contribution in [1.82, 2.24) is 0 Å². The molecule has 0 aromatic rings. The molecule has 35 heavy (non-hydrogen) atoms. The summed E-state index contributed by atoms with van der Waals surface area (Å²) < 4.78 is 16.5. The largest absolute Gasteiger partial charge is 0.482 e. The number of rotatable bonds is 15. The number of hydrogen-bond donors (Lipinski definition) is 2. The number of carboxylic acid groups (broad SMARTS) is 1. The van der Waals surface area contributed by atoms with E-state index in [1.54, 1.807) is 13.0 Å². The second kappa shape index (κ2) is 15.1. The summed E-state index contributed by atoms with van der Waals surface area (Å²) in [6.07, 6.45) is 12.1. The minimum absolute atomic E-state index is 0.0810. The van der Waals surface area contributed by atoms with Crippen LogP contribution < -0.4 is 0 Å². The van der Waals surface area contributed by atoms with Gasteiger partial charge in [0.2, 0.25) is 0 Å². The van der Waals surface area contributed by atoms with Gasteiger partial charge in [0.05, 0.1) is 25.7 Å². The van der Waals surface area contributed by atoms with Gasteiger partial charge in [-0.05, 0) is 87.2 Å². The van der Waals surface area contributed by atoms with Gasteiger partial charge in [0.25, 0.3) is 0 Å². The van der Waals surface area contributed by atoms with Crippen LogP contribution in [-0.2, 0) is 23.8 Å². The van der Waals surface area contributed by atoms with Gasteiger partial charge in [-0.2, -0.15) is 0 Å². The van der Waals surface area contributed by atoms with Crippen LogP contribution in [-0.4, -0.2) is 54.2 Å². The number of esters is 1. The number of hydrogen-bond acceptors (Lipinski definition) is 6. The molecule has 0 heterocycles. The lowest BCUT2D eigenvalue weighted by atomic mass is 9.74. The van der Waals surface area contributed by atoms with E-state index in [0.717, 1.165) is 37.9 Å². The zero-order chi connectivity index (χ0) is 25.8. The molecule has 0 saturated heterocycles. The molecule has 2 rings (SSSR count). The Hall–Kier alpha value is -2.12. The fourth-order valence-electron chi connectivity index (χ4n) is 5.29. The van der Waals surface area contributed by atoms with Gasteiger partial charge >= 0.3 is 11.9 Å². The maximum Gasteiger partial charge on any atom is 0.344 e. The molecule has 5 unspecified atom stereocenters. The smallest absolute Gasteiger partial charge is 0.344 e. The van der Waals surface area contributed by atoms with Crippen LogP contribution in [0.5, 0.6) is 0 Å². The summed E-state index contributed by atoms with van der Waals surface area (Å²) in [5.74, 6) is 1.65. The summed E-state index contributed by atoms with van der Waals surface area (Å²) in [5, 5.41) is 18.8. The van der Waals surface area contributed by atoms with E-state index >= 15 is 0 Å². The SMILES string of the molecule is C=C/C=C\C(OCC(=O)OC(C)COCCC(=O)O)=C1/CCC2C(CCC(O)C(C)C)CCC2C1. The number of carboxylic acids is 1. The number of carbonyl (C=O) groups excluding carboxylic acids is 1. The molecule has 2 saturated carbocycles. The van der Waals surface area contributed by atoms with Gasteiger partial charge in [0.15, 0.2) is 6.61 Å². The Kier molecular flexibility index (Phi) is 12.6. The van der Waals surface area contributed by atoms with Crippen LogP contribution in [0.15, 0.2) is 36.1 Å². The molecular formula is C28H44O7. The van der Waals surface area contributed by atoms with Crippen LogP contribution in [0.4, 0.5) is 0 Å². The number of aliphatic hydroxyl groups excluding tert-OH is 1. The highest BCUT2D eigenvalue weighted by molar-refractivity contribution is 5.71. The Labute approximate surface area is 210 Å². The lowest BCUT2D eigenvalue weighted by Gasteiger charge is -2.32. The maximum atomic E-state index is 12.3. The molecule has 198 valence electrons. The molecule has 5 atom stereocenters. The van der Waals surface area contributed by atoms with E-state index < -0.39 is 18.0 Å². The first-order chi connectivity index (χ1) is 16.7. The van der Waals surface area contributed by atoms with Crippen molar-refractivity contribution in [2.45, 2.75) is 84.3 Å². The summed E-state index contributed by atoms with van der Waals surface area (Å²) in [7, 11) is 0. The van der Waals surface area contributed by atoms with E-state index in [0.29, 0.717) is 23.7 Å². The summed E-state index contributed by atoms with van der Waals surface area (Å²) >= 11 is 0. The Balaban J connectivity index is 1.87. The van der Waals surface area contributed by atoms with Gasteiger partial charge in [-0.15, -0.1) is 0 Å². The molecule has 0 radical (unpaired) electrons. The van der Waals surface area contributed by atoms with Crippen molar-refractivity contribution >= 4 is 11.9 Å². The molecule has 7 nitrogen and oxygen atoms in total. The van der Waals surface area contributed by atoms with Crippen molar-refractivity contribution in [3.05, 3.63) is 36.1 Å². The third-order valence-corrected chi connectivity index (χ3v) is 7.23. The van der Waals surface area contributed by atoms with Gasteiger partial charge in [-0.3, -0.25) is 4.79 Å². The fourth-order valence-corrected chi connectivity index (χ4v) is 5.29. The average Bonchev–Trinajstić information content (AvgIpc) is 3.22. The van der Waals surface area contributed by atoms with E-state index in [-0.39, 0.29) is 32.3 Å². The molecule has 0 aliphatic heterocycles. The standard InChI is InChI=1S/C28H44O7/c1-5-6-7-26(34-18-28(32)35-20(4)17-33-15-14-27(30)31)23-10-12-24-21(8-9-22(24)16-23)11-13-25(29)19(2)3/h5-7,19-22,24-25,29H,1,8-18H2,2-4H3,(H,30,31)/b7-6-,26-23-. The average molecular weight is 493 g/mol. The maximum absolute atomic E-state index is 12.3. The molecule has 2 N–H and O–H groups in total. The van der Waals surface area contributed by atoms with Crippen molar-refractivity contribution in [2.24, 2.45) is 23.7 Å². The summed E-state index contributed by atoms with van der Waals surface area (Å²) in [5.41, 5.74) is 1.24. The second-order valence-electron chi connectivity index (χ2n) is 10.3. The van der Waals surface area contributed by atoms with Gasteiger partial charge < -0.3 is 24.4 Å². The zero-order valence-corrected chi connectivity index (χ0v) is 21.6. The Morgan fingerprint density at radius 2 is 1.97 bits per heavy atom. The molecule has 0 amide bonds. The molecule has 2 fully saturated rings. The normalized spacial score (nSPS) is 25.2. The predicted octanol–water partition coefficient (Wildman–Crippen LogP) is 5.05. The van der Waals surface area contributed by atoms with Gasteiger partial charge in [-0.1, -0.05) is 32.6 Å². The van der Waals surface area contributed by atoms with Crippen LogP contribution in [0, 0.1) is 23.7 Å². The topological polar surface area (TPSA) is 102 Å². The zero-order valence-electron chi connectivity index (χ0n) is 21.6. The van der Waals surface area contributed by atoms with Crippen molar-refractivity contribution in [1.29, 1.82) is 0 Å². The molecule has 2 aliphatic rings. The molecule has 2 aliphatic carbocycles. The highest BCUT2D eigenvalue weighted by Gasteiger charge is 2.39. The third kappa shape index (κ3) is 10.2. The predicted molar refractivity (Wildman–Crippen MR) is 135 cm³/mol. The number of fused-ring (bicyclic) bond motifs is 1. The summed E-state index contributed by atoms with van der Waals surface area (Å²) in [4.78, 5) is 22.8. The van der Waals surface area contributed by atoms with E-state index in [1.807, 2.05) is 12.2 Å². The first-order valence-electron chi connectivity index (χ1n) is 13.0. The molecule has 0 bridgehead atoms. The van der Waals surface area contributed by atoms with E-state index in [2.05, 4.69) is 20.4 Å². The van der Waals surface area contributed by atoms with E-state index in [9.17, 15) is 14.7 Å². The van der Waals surface area contributed by atoms with Crippen molar-refractivity contribution in [3.8, 4) is 0 Å². The number of aliphatic hydroxyl groups is 1. The van der Waals surface area contributed by atoms with Crippen molar-refractivity contribution in [2.75, 3.05) is 19.8 Å². The number of aliphatic carboxylic acids is 1. The van der Waals surface area contributed by atoms with E-state index in [1.165, 1.54) is 18.4 Å². The highest BCUT2D eigenvalue weighted by Crippen LogP contribution is 2.49. The van der Waals surface area contributed by atoms with Crippen LogP contribution in [0.2, 0.25) is 0 Å². The summed E-state index contributed by atoms with van der Waals surface area (Å²) in [6, 6.07) is 0. The van der Waals surface area contributed by atoms with Gasteiger partial charge in [-0.25, -0.2) is 4.79 Å². The third-order valence-electron chi connectivity index (χ3n) is 7.23.